The van der Waals surface area contributed by atoms with E-state index < -0.39 is 64.8 Å². The lowest BCUT2D eigenvalue weighted by molar-refractivity contribution is -0.143. The number of hydrazine groups is 1. The number of pyridine rings is 2. The first-order chi connectivity index (χ1) is 26.9. The first-order valence-electron chi connectivity index (χ1n) is 18.4. The van der Waals surface area contributed by atoms with Crippen LogP contribution in [0.1, 0.15) is 63.2 Å². The van der Waals surface area contributed by atoms with Crippen molar-refractivity contribution in [2.24, 2.45) is 11.3 Å². The molecule has 1 saturated heterocycles. The van der Waals surface area contributed by atoms with Crippen molar-refractivity contribution in [3.63, 3.8) is 0 Å². The molecule has 292 valence electrons. The summed E-state index contributed by atoms with van der Waals surface area (Å²) in [6.07, 6.45) is 7.13. The predicted octanol–water partition coefficient (Wildman–Crippen LogP) is 3.71. The Morgan fingerprint density at radius 2 is 1.86 bits per heavy atom. The quantitative estimate of drug-likeness (QED) is 0.127. The second-order valence-electron chi connectivity index (χ2n) is 15.2. The predicted molar refractivity (Wildman–Crippen MR) is 205 cm³/mol. The van der Waals surface area contributed by atoms with Crippen LogP contribution in [0.4, 0.5) is 4.79 Å². The molecule has 3 fully saturated rings. The van der Waals surface area contributed by atoms with Gasteiger partial charge in [0.2, 0.25) is 17.7 Å². The summed E-state index contributed by atoms with van der Waals surface area (Å²) < 4.78 is 12.8. The Morgan fingerprint density at radius 3 is 2.52 bits per heavy atom. The molecule has 0 spiro atoms. The van der Waals surface area contributed by atoms with Crippen molar-refractivity contribution in [3.05, 3.63) is 78.6 Å². The lowest BCUT2D eigenvalue weighted by Gasteiger charge is -2.36. The number of rotatable bonds is 11. The van der Waals surface area contributed by atoms with Gasteiger partial charge in [0, 0.05) is 30.9 Å². The van der Waals surface area contributed by atoms with Crippen molar-refractivity contribution in [2.75, 3.05) is 6.54 Å². The number of amides is 5. The fraction of sp³-hybridized carbons (Fsp3) is 0.410. The molecule has 1 aliphatic heterocycles. The number of hydrogen-bond acceptors (Lipinski definition) is 12. The van der Waals surface area contributed by atoms with E-state index in [1.54, 1.807) is 30.5 Å². The summed E-state index contributed by atoms with van der Waals surface area (Å²) in [6, 6.07) is 8.17. The van der Waals surface area contributed by atoms with E-state index in [1.165, 1.54) is 34.7 Å². The molecule has 0 aromatic carbocycles. The van der Waals surface area contributed by atoms with Gasteiger partial charge < -0.3 is 25.0 Å². The van der Waals surface area contributed by atoms with E-state index in [0.29, 0.717) is 21.7 Å². The van der Waals surface area contributed by atoms with E-state index >= 15 is 0 Å². The monoisotopic (exact) mass is 781 g/mol. The Labute approximate surface area is 326 Å². The molecular formula is C39H43N9O7S. The van der Waals surface area contributed by atoms with Crippen LogP contribution in [0.5, 0.6) is 5.88 Å². The average molecular weight is 782 g/mol. The molecule has 2 aliphatic carbocycles. The molecule has 0 unspecified atom stereocenters. The standard InChI is InChI=1S/C39H43N9O7S/c1-5-23-19-39(23,36(52)47-46-32(49)22-10-9-15-40-20-22)45-33(50)28-18-25(21-48(28)35(51)30(38(2,3)4)43-37(53)55-24-11-8-12-24)54-34-29-26(14-17-56-29)42-31(44-34)27-13-6-7-16-41-27/h5-7,9-10,13-17,20,23-25,28,30H,1,8,11-12,18-19,21H2,2-4H3,(H,43,53)(H,45,50)(H,46,49)(H,47,52)/t23-,25-,28+,30-,39+/m1/s1. The summed E-state index contributed by atoms with van der Waals surface area (Å²) in [5.74, 6) is -2.23. The number of nitrogens with zero attached hydrogens (tertiary/aromatic N) is 5. The fourth-order valence-electron chi connectivity index (χ4n) is 6.80. The van der Waals surface area contributed by atoms with Crippen molar-refractivity contribution in [1.29, 1.82) is 0 Å². The number of nitrogens with one attached hydrogen (secondary N) is 4. The van der Waals surface area contributed by atoms with Gasteiger partial charge in [0.15, 0.2) is 5.82 Å². The van der Waals surface area contributed by atoms with E-state index in [9.17, 15) is 24.0 Å². The zero-order valence-electron chi connectivity index (χ0n) is 31.2. The first kappa shape index (κ1) is 38.3. The molecule has 3 aliphatic rings. The maximum Gasteiger partial charge on any atom is 0.408 e. The van der Waals surface area contributed by atoms with Gasteiger partial charge >= 0.3 is 6.09 Å². The van der Waals surface area contributed by atoms with Gasteiger partial charge in [0.05, 0.1) is 17.6 Å². The molecule has 4 aromatic rings. The molecule has 0 radical (unpaired) electrons. The van der Waals surface area contributed by atoms with Crippen LogP contribution >= 0.6 is 11.3 Å². The highest BCUT2D eigenvalue weighted by atomic mass is 32.1. The lowest BCUT2D eigenvalue weighted by atomic mass is 9.85. The van der Waals surface area contributed by atoms with Crippen molar-refractivity contribution in [2.45, 2.75) is 82.7 Å². The number of ether oxygens (including phenoxy) is 2. The van der Waals surface area contributed by atoms with E-state index in [0.717, 1.165) is 19.3 Å². The molecule has 4 aromatic heterocycles. The summed E-state index contributed by atoms with van der Waals surface area (Å²) in [5, 5.41) is 7.51. The Kier molecular flexibility index (Phi) is 10.7. The van der Waals surface area contributed by atoms with Gasteiger partial charge in [-0.25, -0.2) is 9.78 Å². The number of carbonyl (C=O) groups is 5. The van der Waals surface area contributed by atoms with Crippen LogP contribution in [0.25, 0.3) is 21.7 Å². The zero-order chi connectivity index (χ0) is 39.6. The highest BCUT2D eigenvalue weighted by Gasteiger charge is 2.61. The zero-order valence-corrected chi connectivity index (χ0v) is 32.0. The smallest absolute Gasteiger partial charge is 0.408 e. The number of thiophene rings is 1. The average Bonchev–Trinajstić information content (AvgIpc) is 3.45. The molecule has 2 saturated carbocycles. The SMILES string of the molecule is C=C[C@@H]1C[C@@]1(NC(=O)[C@@H]1C[C@@H](Oc2nc(-c3ccccn3)nc3ccsc23)CN1C(=O)[C@@H](NC(=O)OC1CCC1)C(C)(C)C)C(=O)NNC(=O)c1cccnc1. The maximum absolute atomic E-state index is 14.6. The molecular weight excluding hydrogens is 739 g/mol. The van der Waals surface area contributed by atoms with Crippen LogP contribution in [0.3, 0.4) is 0 Å². The topological polar surface area (TPSA) is 207 Å². The summed E-state index contributed by atoms with van der Waals surface area (Å²) in [7, 11) is 0. The second-order valence-corrected chi connectivity index (χ2v) is 16.2. The largest absolute Gasteiger partial charge is 0.471 e. The summed E-state index contributed by atoms with van der Waals surface area (Å²) >= 11 is 1.39. The van der Waals surface area contributed by atoms with Crippen LogP contribution in [0, 0.1) is 11.3 Å². The highest BCUT2D eigenvalue weighted by Crippen LogP contribution is 2.45. The van der Waals surface area contributed by atoms with E-state index in [2.05, 4.69) is 43.0 Å². The van der Waals surface area contributed by atoms with Crippen LogP contribution in [0.15, 0.2) is 73.0 Å². The van der Waals surface area contributed by atoms with Crippen LogP contribution in [0.2, 0.25) is 0 Å². The van der Waals surface area contributed by atoms with Crippen molar-refractivity contribution in [3.8, 4) is 17.4 Å². The first-order valence-corrected chi connectivity index (χ1v) is 19.3. The Bertz CT molecular complexity index is 2140. The number of hydrogen-bond donors (Lipinski definition) is 4. The Hall–Kier alpha value is -5.97. The number of likely N-dealkylation sites (tertiary alicyclic amines) is 1. The minimum absolute atomic E-state index is 0.0327. The molecule has 7 rings (SSSR count). The third-order valence-electron chi connectivity index (χ3n) is 10.3. The molecule has 5 amide bonds. The van der Waals surface area contributed by atoms with Crippen molar-refractivity contribution in [1.82, 2.24) is 46.3 Å². The van der Waals surface area contributed by atoms with E-state index in [-0.39, 0.29) is 36.9 Å². The summed E-state index contributed by atoms with van der Waals surface area (Å²) in [6.45, 7) is 9.22. The molecule has 17 heteroatoms. The lowest BCUT2D eigenvalue weighted by Crippen LogP contribution is -2.61. The normalized spacial score (nSPS) is 22.3. The van der Waals surface area contributed by atoms with Crippen LogP contribution < -0.4 is 26.2 Å². The molecule has 5 atom stereocenters. The maximum atomic E-state index is 14.6. The van der Waals surface area contributed by atoms with Gasteiger partial charge in [-0.1, -0.05) is 32.9 Å². The van der Waals surface area contributed by atoms with Crippen LogP contribution in [-0.2, 0) is 19.1 Å². The van der Waals surface area contributed by atoms with Crippen LogP contribution in [-0.4, -0.2) is 90.9 Å². The van der Waals surface area contributed by atoms with Gasteiger partial charge in [0.25, 0.3) is 11.8 Å². The third-order valence-corrected chi connectivity index (χ3v) is 11.1. The van der Waals surface area contributed by atoms with Gasteiger partial charge in [-0.2, -0.15) is 4.98 Å². The molecule has 56 heavy (non-hydrogen) atoms. The Balaban J connectivity index is 1.15. The third kappa shape index (κ3) is 8.03. The number of carbonyl (C=O) groups excluding carboxylic acids is 5. The fourth-order valence-corrected chi connectivity index (χ4v) is 7.56. The molecule has 5 heterocycles. The van der Waals surface area contributed by atoms with Crippen molar-refractivity contribution >= 4 is 51.3 Å². The number of fused-ring (bicyclic) bond motifs is 1. The minimum atomic E-state index is -1.45. The molecule has 4 N–H and O–H groups in total. The van der Waals surface area contributed by atoms with Crippen molar-refractivity contribution < 1.29 is 33.4 Å². The van der Waals surface area contributed by atoms with Gasteiger partial charge in [-0.05, 0) is 66.8 Å². The summed E-state index contributed by atoms with van der Waals surface area (Å²) in [4.78, 5) is 87.4. The molecule has 16 nitrogen and oxygen atoms in total. The van der Waals surface area contributed by atoms with Gasteiger partial charge in [-0.3, -0.25) is 40.0 Å². The summed E-state index contributed by atoms with van der Waals surface area (Å²) in [5.41, 5.74) is 3.98. The van der Waals surface area contributed by atoms with Gasteiger partial charge in [-0.15, -0.1) is 17.9 Å². The minimum Gasteiger partial charge on any atom is -0.471 e. The molecule has 0 bridgehead atoms. The highest BCUT2D eigenvalue weighted by molar-refractivity contribution is 7.17. The number of alkyl carbamates (subject to hydrolysis) is 1. The van der Waals surface area contributed by atoms with E-state index in [1.807, 2.05) is 38.3 Å². The Morgan fingerprint density at radius 1 is 1.04 bits per heavy atom. The van der Waals surface area contributed by atoms with E-state index in [4.69, 9.17) is 14.5 Å². The van der Waals surface area contributed by atoms with Gasteiger partial charge in [0.1, 0.15) is 40.2 Å². The second kappa shape index (κ2) is 15.6. The number of aromatic nitrogens is 4.